The number of nitrogens with one attached hydrogen (secondary N) is 2. The molecule has 0 saturated carbocycles. The highest BCUT2D eigenvalue weighted by atomic mass is 35.5. The van der Waals surface area contributed by atoms with E-state index in [0.29, 0.717) is 30.4 Å². The highest BCUT2D eigenvalue weighted by molar-refractivity contribution is 6.33. The smallest absolute Gasteiger partial charge is 0.323 e. The first kappa shape index (κ1) is 17.9. The molecule has 0 fully saturated rings. The van der Waals surface area contributed by atoms with Crippen LogP contribution in [0.25, 0.3) is 0 Å². The van der Waals surface area contributed by atoms with Crippen LogP contribution in [0.3, 0.4) is 0 Å². The van der Waals surface area contributed by atoms with Gasteiger partial charge in [0.05, 0.1) is 23.9 Å². The van der Waals surface area contributed by atoms with E-state index in [1.807, 2.05) is 13.8 Å². The number of benzene rings is 2. The standard InChI is InChI=1S/C17H18ClFN2O3/c1-3-23-14-9-8-11(10-15(14)24-4-2)20-17(22)21-16-12(18)6-5-7-13(16)19/h5-10H,3-4H2,1-2H3,(H2,20,21,22). The molecule has 0 aliphatic heterocycles. The molecule has 0 bridgehead atoms. The second-order valence-electron chi connectivity index (χ2n) is 4.70. The molecule has 0 heterocycles. The van der Waals surface area contributed by atoms with Crippen LogP contribution in [0.15, 0.2) is 36.4 Å². The molecule has 2 rings (SSSR count). The number of halogens is 2. The molecule has 2 aromatic rings. The summed E-state index contributed by atoms with van der Waals surface area (Å²) in [5.41, 5.74) is 0.402. The SMILES string of the molecule is CCOc1ccc(NC(=O)Nc2c(F)cccc2Cl)cc1OCC. The van der Waals surface area contributed by atoms with E-state index >= 15 is 0 Å². The molecular formula is C17H18ClFN2O3. The maximum atomic E-state index is 13.7. The average Bonchev–Trinajstić information content (AvgIpc) is 2.54. The summed E-state index contributed by atoms with van der Waals surface area (Å²) >= 11 is 5.88. The molecule has 0 aliphatic rings. The molecule has 0 radical (unpaired) electrons. The number of amides is 2. The van der Waals surface area contributed by atoms with E-state index in [4.69, 9.17) is 21.1 Å². The van der Waals surface area contributed by atoms with Crippen molar-refractivity contribution in [2.24, 2.45) is 0 Å². The number of rotatable bonds is 6. The van der Waals surface area contributed by atoms with E-state index in [0.717, 1.165) is 0 Å². The van der Waals surface area contributed by atoms with Crippen molar-refractivity contribution in [2.45, 2.75) is 13.8 Å². The lowest BCUT2D eigenvalue weighted by Gasteiger charge is -2.14. The third-order valence-corrected chi connectivity index (χ3v) is 3.32. The molecule has 2 amide bonds. The number of hydrogen-bond acceptors (Lipinski definition) is 3. The molecule has 0 aliphatic carbocycles. The van der Waals surface area contributed by atoms with Crippen LogP contribution in [0.2, 0.25) is 5.02 Å². The van der Waals surface area contributed by atoms with Crippen LogP contribution in [0.5, 0.6) is 11.5 Å². The van der Waals surface area contributed by atoms with Gasteiger partial charge in [-0.2, -0.15) is 0 Å². The maximum absolute atomic E-state index is 13.7. The Kier molecular flexibility index (Phi) is 6.26. The zero-order valence-electron chi connectivity index (χ0n) is 13.4. The van der Waals surface area contributed by atoms with Crippen LogP contribution in [-0.4, -0.2) is 19.2 Å². The average molecular weight is 353 g/mol. The predicted molar refractivity (Wildman–Crippen MR) is 92.8 cm³/mol. The number of carbonyl (C=O) groups excluding carboxylic acids is 1. The Morgan fingerprint density at radius 1 is 1.08 bits per heavy atom. The lowest BCUT2D eigenvalue weighted by atomic mass is 10.2. The second kappa shape index (κ2) is 8.40. The Bertz CT molecular complexity index is 705. The van der Waals surface area contributed by atoms with Gasteiger partial charge in [-0.3, -0.25) is 0 Å². The van der Waals surface area contributed by atoms with Gasteiger partial charge in [0.25, 0.3) is 0 Å². The summed E-state index contributed by atoms with van der Waals surface area (Å²) in [6.07, 6.45) is 0. The summed E-state index contributed by atoms with van der Waals surface area (Å²) in [5, 5.41) is 5.11. The van der Waals surface area contributed by atoms with E-state index in [1.54, 1.807) is 18.2 Å². The monoisotopic (exact) mass is 352 g/mol. The van der Waals surface area contributed by atoms with Crippen molar-refractivity contribution in [2.75, 3.05) is 23.8 Å². The van der Waals surface area contributed by atoms with Crippen LogP contribution in [-0.2, 0) is 0 Å². The van der Waals surface area contributed by atoms with E-state index in [-0.39, 0.29) is 10.7 Å². The first-order valence-electron chi connectivity index (χ1n) is 7.46. The highest BCUT2D eigenvalue weighted by Crippen LogP contribution is 2.31. The zero-order valence-corrected chi connectivity index (χ0v) is 14.1. The molecule has 24 heavy (non-hydrogen) atoms. The summed E-state index contributed by atoms with van der Waals surface area (Å²) in [6.45, 7) is 4.68. The maximum Gasteiger partial charge on any atom is 0.323 e. The van der Waals surface area contributed by atoms with Crippen LogP contribution in [0, 0.1) is 5.82 Å². The third-order valence-electron chi connectivity index (χ3n) is 3.00. The first-order valence-corrected chi connectivity index (χ1v) is 7.84. The van der Waals surface area contributed by atoms with Crippen LogP contribution in [0.1, 0.15) is 13.8 Å². The molecule has 2 aromatic carbocycles. The topological polar surface area (TPSA) is 59.6 Å². The normalized spacial score (nSPS) is 10.2. The van der Waals surface area contributed by atoms with E-state index in [9.17, 15) is 9.18 Å². The van der Waals surface area contributed by atoms with Gasteiger partial charge in [-0.05, 0) is 38.1 Å². The molecule has 0 spiro atoms. The first-order chi connectivity index (χ1) is 11.5. The van der Waals surface area contributed by atoms with Crippen molar-refractivity contribution in [3.05, 3.63) is 47.2 Å². The van der Waals surface area contributed by atoms with Gasteiger partial charge in [0, 0.05) is 11.8 Å². The minimum atomic E-state index is -0.617. The lowest BCUT2D eigenvalue weighted by molar-refractivity contribution is 0.262. The molecule has 0 aromatic heterocycles. The van der Waals surface area contributed by atoms with Gasteiger partial charge < -0.3 is 20.1 Å². The van der Waals surface area contributed by atoms with Gasteiger partial charge in [-0.25, -0.2) is 9.18 Å². The van der Waals surface area contributed by atoms with Crippen molar-refractivity contribution in [1.29, 1.82) is 0 Å². The van der Waals surface area contributed by atoms with Gasteiger partial charge in [0.2, 0.25) is 0 Å². The van der Waals surface area contributed by atoms with Crippen molar-refractivity contribution in [1.82, 2.24) is 0 Å². The molecule has 0 saturated heterocycles. The van der Waals surface area contributed by atoms with Gasteiger partial charge in [-0.15, -0.1) is 0 Å². The highest BCUT2D eigenvalue weighted by Gasteiger charge is 2.12. The number of hydrogen-bond donors (Lipinski definition) is 2. The van der Waals surface area contributed by atoms with Gasteiger partial charge >= 0.3 is 6.03 Å². The Labute approximate surface area is 144 Å². The van der Waals surface area contributed by atoms with Gasteiger partial charge in [0.1, 0.15) is 5.82 Å². The second-order valence-corrected chi connectivity index (χ2v) is 5.11. The Morgan fingerprint density at radius 3 is 2.46 bits per heavy atom. The Hall–Kier alpha value is -2.47. The fraction of sp³-hybridized carbons (Fsp3) is 0.235. The quantitative estimate of drug-likeness (QED) is 0.775. The summed E-state index contributed by atoms with van der Waals surface area (Å²) in [7, 11) is 0. The number of carbonyl (C=O) groups is 1. The lowest BCUT2D eigenvalue weighted by Crippen LogP contribution is -2.20. The van der Waals surface area contributed by atoms with Crippen molar-refractivity contribution in [3.8, 4) is 11.5 Å². The number of urea groups is 1. The molecule has 5 nitrogen and oxygen atoms in total. The zero-order chi connectivity index (χ0) is 17.5. The van der Waals surface area contributed by atoms with Crippen LogP contribution < -0.4 is 20.1 Å². The van der Waals surface area contributed by atoms with E-state index < -0.39 is 11.8 Å². The minimum Gasteiger partial charge on any atom is -0.490 e. The number of para-hydroxylation sites is 1. The fourth-order valence-electron chi connectivity index (χ4n) is 2.02. The summed E-state index contributed by atoms with van der Waals surface area (Å²) in [5.74, 6) is 0.489. The van der Waals surface area contributed by atoms with Crippen molar-refractivity contribution < 1.29 is 18.7 Å². The third kappa shape index (κ3) is 4.52. The van der Waals surface area contributed by atoms with Gasteiger partial charge in [-0.1, -0.05) is 17.7 Å². The van der Waals surface area contributed by atoms with Gasteiger partial charge in [0.15, 0.2) is 11.5 Å². The van der Waals surface area contributed by atoms with Crippen molar-refractivity contribution >= 4 is 29.0 Å². The molecule has 0 atom stereocenters. The number of anilines is 2. The Balaban J connectivity index is 2.12. The Morgan fingerprint density at radius 2 is 1.79 bits per heavy atom. The van der Waals surface area contributed by atoms with Crippen molar-refractivity contribution in [3.63, 3.8) is 0 Å². The molecule has 0 unspecified atom stereocenters. The predicted octanol–water partition coefficient (Wildman–Crippen LogP) is 4.92. The molecular weight excluding hydrogens is 335 g/mol. The largest absolute Gasteiger partial charge is 0.490 e. The molecule has 7 heteroatoms. The van der Waals surface area contributed by atoms with E-state index in [2.05, 4.69) is 10.6 Å². The summed E-state index contributed by atoms with van der Waals surface area (Å²) in [4.78, 5) is 12.0. The van der Waals surface area contributed by atoms with Crippen LogP contribution >= 0.6 is 11.6 Å². The summed E-state index contributed by atoms with van der Waals surface area (Å²) in [6, 6.07) is 8.54. The molecule has 2 N–H and O–H groups in total. The minimum absolute atomic E-state index is 0.0763. The summed E-state index contributed by atoms with van der Waals surface area (Å²) < 4.78 is 24.6. The fourth-order valence-corrected chi connectivity index (χ4v) is 2.23. The molecule has 128 valence electrons. The van der Waals surface area contributed by atoms with Crippen LogP contribution in [0.4, 0.5) is 20.6 Å². The number of ether oxygens (including phenoxy) is 2. The van der Waals surface area contributed by atoms with E-state index in [1.165, 1.54) is 18.2 Å².